The number of halogens is 2. The van der Waals surface area contributed by atoms with Crippen LogP contribution in [0.5, 0.6) is 0 Å². The van der Waals surface area contributed by atoms with Crippen molar-refractivity contribution in [1.29, 1.82) is 0 Å². The van der Waals surface area contributed by atoms with Gasteiger partial charge in [0.15, 0.2) is 5.96 Å². The number of hydrogen-bond donors (Lipinski definition) is 2. The van der Waals surface area contributed by atoms with E-state index < -0.39 is 0 Å². The fraction of sp³-hybridized carbons (Fsp3) is 0.500. The van der Waals surface area contributed by atoms with Gasteiger partial charge in [-0.3, -0.25) is 4.68 Å². The van der Waals surface area contributed by atoms with Crippen molar-refractivity contribution in [3.8, 4) is 0 Å². The molecule has 0 aliphatic heterocycles. The van der Waals surface area contributed by atoms with Crippen LogP contribution in [0.4, 0.5) is 0 Å². The molecular weight excluding hydrogens is 517 g/mol. The Hall–Kier alpha value is -1.09. The van der Waals surface area contributed by atoms with E-state index in [1.807, 2.05) is 18.7 Å². The summed E-state index contributed by atoms with van der Waals surface area (Å²) in [5, 5.41) is 11.3. The minimum absolute atomic E-state index is 0. The van der Waals surface area contributed by atoms with E-state index in [1.54, 1.807) is 0 Å². The van der Waals surface area contributed by atoms with Crippen LogP contribution in [0, 0.1) is 13.8 Å². The number of aryl methyl sites for hydroxylation is 2. The van der Waals surface area contributed by atoms with Gasteiger partial charge in [-0.15, -0.1) is 24.0 Å². The molecule has 2 rings (SSSR count). The summed E-state index contributed by atoms with van der Waals surface area (Å²) >= 11 is 3.50. The quantitative estimate of drug-likeness (QED) is 0.319. The van der Waals surface area contributed by atoms with Gasteiger partial charge in [-0.2, -0.15) is 5.10 Å². The van der Waals surface area contributed by atoms with Gasteiger partial charge in [0.05, 0.1) is 12.2 Å². The summed E-state index contributed by atoms with van der Waals surface area (Å²) in [6, 6.07) is 8.51. The number of aromatic nitrogens is 2. The second-order valence-corrected chi connectivity index (χ2v) is 8.13. The second kappa shape index (κ2) is 10.5. The SMILES string of the molecule is CCNC(=NCc1c(C)nn(C)c1C)NCC(C)(C)c1ccc(Br)cc1.I. The lowest BCUT2D eigenvalue weighted by atomic mass is 9.85. The molecule has 1 aromatic heterocycles. The maximum absolute atomic E-state index is 4.76. The summed E-state index contributed by atoms with van der Waals surface area (Å²) < 4.78 is 3.01. The molecule has 0 aliphatic carbocycles. The van der Waals surface area contributed by atoms with Gasteiger partial charge >= 0.3 is 0 Å². The van der Waals surface area contributed by atoms with E-state index in [0.29, 0.717) is 6.54 Å². The molecule has 0 saturated heterocycles. The van der Waals surface area contributed by atoms with Crippen molar-refractivity contribution < 1.29 is 0 Å². The Morgan fingerprint density at radius 3 is 2.33 bits per heavy atom. The monoisotopic (exact) mass is 547 g/mol. The van der Waals surface area contributed by atoms with E-state index in [0.717, 1.165) is 34.9 Å². The van der Waals surface area contributed by atoms with E-state index in [2.05, 4.69) is 83.6 Å². The maximum Gasteiger partial charge on any atom is 0.191 e. The molecule has 5 nitrogen and oxygen atoms in total. The van der Waals surface area contributed by atoms with Crippen LogP contribution >= 0.6 is 39.9 Å². The normalized spacial score (nSPS) is 11.9. The molecule has 0 unspecified atom stereocenters. The Morgan fingerprint density at radius 1 is 1.19 bits per heavy atom. The summed E-state index contributed by atoms with van der Waals surface area (Å²) in [6.07, 6.45) is 0. The predicted octanol–water partition coefficient (Wildman–Crippen LogP) is 4.45. The average Bonchev–Trinajstić information content (AvgIpc) is 2.83. The van der Waals surface area contributed by atoms with Gasteiger partial charge in [0.2, 0.25) is 0 Å². The van der Waals surface area contributed by atoms with E-state index in [4.69, 9.17) is 4.99 Å². The van der Waals surface area contributed by atoms with Crippen LogP contribution in [0.15, 0.2) is 33.7 Å². The Kier molecular flexibility index (Phi) is 9.27. The Bertz CT molecular complexity index is 765. The van der Waals surface area contributed by atoms with Crippen molar-refractivity contribution in [1.82, 2.24) is 20.4 Å². The third-order valence-electron chi connectivity index (χ3n) is 4.72. The van der Waals surface area contributed by atoms with E-state index >= 15 is 0 Å². The summed E-state index contributed by atoms with van der Waals surface area (Å²) in [4.78, 5) is 4.76. The van der Waals surface area contributed by atoms with Crippen LogP contribution in [0.25, 0.3) is 0 Å². The molecular formula is C20H31BrIN5. The lowest BCUT2D eigenvalue weighted by Gasteiger charge is -2.27. The molecule has 0 fully saturated rings. The van der Waals surface area contributed by atoms with Crippen molar-refractivity contribution in [2.24, 2.45) is 12.0 Å². The average molecular weight is 548 g/mol. The highest BCUT2D eigenvalue weighted by molar-refractivity contribution is 14.0. The molecule has 150 valence electrons. The molecule has 7 heteroatoms. The standard InChI is InChI=1S/C20H30BrN5.HI/c1-7-22-19(23-12-18-14(2)25-26(6)15(18)3)24-13-20(4,5)16-8-10-17(21)11-9-16;/h8-11H,7,12-13H2,1-6H3,(H2,22,23,24);1H. The van der Waals surface area contributed by atoms with E-state index in [1.165, 1.54) is 11.1 Å². The van der Waals surface area contributed by atoms with Crippen LogP contribution in [0.1, 0.15) is 43.3 Å². The third-order valence-corrected chi connectivity index (χ3v) is 5.25. The molecule has 0 amide bonds. The summed E-state index contributed by atoms with van der Waals surface area (Å²) in [5.74, 6) is 0.834. The van der Waals surface area contributed by atoms with Crippen LogP contribution in [0.2, 0.25) is 0 Å². The number of aliphatic imine (C=N–C) groups is 1. The van der Waals surface area contributed by atoms with Crippen LogP contribution in [-0.4, -0.2) is 28.8 Å². The first kappa shape index (κ1) is 23.9. The molecule has 1 heterocycles. The summed E-state index contributed by atoms with van der Waals surface area (Å²) in [5.41, 5.74) is 4.69. The summed E-state index contributed by atoms with van der Waals surface area (Å²) in [6.45, 7) is 12.9. The van der Waals surface area contributed by atoms with Gasteiger partial charge in [-0.1, -0.05) is 41.9 Å². The first-order valence-electron chi connectivity index (χ1n) is 9.02. The molecule has 0 radical (unpaired) electrons. The molecule has 0 bridgehead atoms. The number of nitrogens with one attached hydrogen (secondary N) is 2. The lowest BCUT2D eigenvalue weighted by molar-refractivity contribution is 0.508. The van der Waals surface area contributed by atoms with Crippen molar-refractivity contribution in [2.45, 2.75) is 46.6 Å². The highest BCUT2D eigenvalue weighted by atomic mass is 127. The number of rotatable bonds is 6. The number of benzene rings is 1. The summed E-state index contributed by atoms with van der Waals surface area (Å²) in [7, 11) is 1.97. The predicted molar refractivity (Wildman–Crippen MR) is 128 cm³/mol. The van der Waals surface area contributed by atoms with Crippen molar-refractivity contribution in [3.05, 3.63) is 51.3 Å². The molecule has 1 aromatic carbocycles. The molecule has 0 aliphatic rings. The third kappa shape index (κ3) is 6.48. The van der Waals surface area contributed by atoms with Crippen LogP contribution in [0.3, 0.4) is 0 Å². The van der Waals surface area contributed by atoms with Crippen LogP contribution < -0.4 is 10.6 Å². The fourth-order valence-corrected chi connectivity index (χ4v) is 3.12. The molecule has 0 saturated carbocycles. The Labute approximate surface area is 188 Å². The Balaban J connectivity index is 0.00000364. The van der Waals surface area contributed by atoms with Crippen molar-refractivity contribution >= 4 is 45.9 Å². The van der Waals surface area contributed by atoms with Gasteiger partial charge in [0.25, 0.3) is 0 Å². The van der Waals surface area contributed by atoms with Gasteiger partial charge in [0, 0.05) is 41.3 Å². The molecule has 27 heavy (non-hydrogen) atoms. The van der Waals surface area contributed by atoms with Gasteiger partial charge in [-0.05, 0) is 38.5 Å². The number of nitrogens with zero attached hydrogens (tertiary/aromatic N) is 3. The smallest absolute Gasteiger partial charge is 0.191 e. The minimum Gasteiger partial charge on any atom is -0.357 e. The van der Waals surface area contributed by atoms with Gasteiger partial charge < -0.3 is 10.6 Å². The number of hydrogen-bond acceptors (Lipinski definition) is 2. The first-order valence-corrected chi connectivity index (χ1v) is 9.81. The second-order valence-electron chi connectivity index (χ2n) is 7.21. The molecule has 0 atom stereocenters. The van der Waals surface area contributed by atoms with Crippen molar-refractivity contribution in [2.75, 3.05) is 13.1 Å². The highest BCUT2D eigenvalue weighted by Gasteiger charge is 2.21. The van der Waals surface area contributed by atoms with E-state index in [9.17, 15) is 0 Å². The van der Waals surface area contributed by atoms with E-state index in [-0.39, 0.29) is 29.4 Å². The Morgan fingerprint density at radius 2 is 1.81 bits per heavy atom. The first-order chi connectivity index (χ1) is 12.2. The maximum atomic E-state index is 4.76. The van der Waals surface area contributed by atoms with Gasteiger partial charge in [0.1, 0.15) is 0 Å². The fourth-order valence-electron chi connectivity index (χ4n) is 2.85. The molecule has 2 N–H and O–H groups in total. The van der Waals surface area contributed by atoms with Crippen LogP contribution in [-0.2, 0) is 19.0 Å². The lowest BCUT2D eigenvalue weighted by Crippen LogP contribution is -2.43. The van der Waals surface area contributed by atoms with Crippen molar-refractivity contribution in [3.63, 3.8) is 0 Å². The highest BCUT2D eigenvalue weighted by Crippen LogP contribution is 2.24. The molecule has 2 aromatic rings. The topological polar surface area (TPSA) is 54.2 Å². The zero-order valence-electron chi connectivity index (χ0n) is 17.1. The molecule has 0 spiro atoms. The van der Waals surface area contributed by atoms with Gasteiger partial charge in [-0.25, -0.2) is 4.99 Å². The largest absolute Gasteiger partial charge is 0.357 e. The minimum atomic E-state index is -0.00295. The zero-order chi connectivity index (χ0) is 19.3. The number of guanidine groups is 1. The zero-order valence-corrected chi connectivity index (χ0v) is 21.0.